The fourth-order valence-corrected chi connectivity index (χ4v) is 4.75. The van der Waals surface area contributed by atoms with E-state index in [0.29, 0.717) is 12.6 Å². The van der Waals surface area contributed by atoms with E-state index < -0.39 is 19.4 Å². The second kappa shape index (κ2) is 8.48. The number of hydrogen-bond acceptors (Lipinski definition) is 4. The highest BCUT2D eigenvalue weighted by Crippen LogP contribution is 2.42. The summed E-state index contributed by atoms with van der Waals surface area (Å²) >= 11 is -1.08. The molecule has 2 aromatic rings. The fourth-order valence-electron chi connectivity index (χ4n) is 3.08. The molecule has 1 aliphatic carbocycles. The average molecular weight is 422 g/mol. The Morgan fingerprint density at radius 2 is 2.04 bits per heavy atom. The van der Waals surface area contributed by atoms with Gasteiger partial charge in [-0.25, -0.2) is 4.98 Å². The zero-order chi connectivity index (χ0) is 20.5. The lowest BCUT2D eigenvalue weighted by Gasteiger charge is -2.28. The van der Waals surface area contributed by atoms with Gasteiger partial charge in [-0.05, 0) is 63.3 Å². The van der Waals surface area contributed by atoms with Crippen molar-refractivity contribution < 1.29 is 9.29 Å². The summed E-state index contributed by atoms with van der Waals surface area (Å²) in [5.41, 5.74) is 3.24. The van der Waals surface area contributed by atoms with Gasteiger partial charge in [-0.15, -0.1) is 4.72 Å². The van der Waals surface area contributed by atoms with E-state index in [0.717, 1.165) is 17.6 Å². The molecule has 5 nitrogen and oxygen atoms in total. The number of benzene rings is 1. The van der Waals surface area contributed by atoms with E-state index in [1.54, 1.807) is 0 Å². The minimum Gasteiger partial charge on any atom is -0.598 e. The maximum absolute atomic E-state index is 12.6. The minimum absolute atomic E-state index is 0.127. The molecule has 0 bridgehead atoms. The number of nitrogens with zero attached hydrogens (tertiary/aromatic N) is 2. The van der Waals surface area contributed by atoms with Crippen molar-refractivity contribution in [2.75, 3.05) is 6.61 Å². The molecule has 28 heavy (non-hydrogen) atoms. The Kier molecular flexibility index (Phi) is 6.61. The zero-order valence-electron chi connectivity index (χ0n) is 18.1. The lowest BCUT2D eigenvalue weighted by atomic mass is 10.0. The maximum Gasteiger partial charge on any atom is 0.136 e. The highest BCUT2D eigenvalue weighted by atomic mass is 32.2. The Bertz CT molecular complexity index is 793. The van der Waals surface area contributed by atoms with Gasteiger partial charge in [0.2, 0.25) is 0 Å². The van der Waals surface area contributed by atoms with Crippen molar-refractivity contribution in [1.82, 2.24) is 14.3 Å². The molecule has 0 aliphatic heterocycles. The molecule has 1 N–H and O–H groups in total. The number of hydrogen-bond donors (Lipinski definition) is 1. The average Bonchev–Trinajstić information content (AvgIpc) is 3.35. The van der Waals surface area contributed by atoms with Gasteiger partial charge < -0.3 is 13.9 Å². The first-order chi connectivity index (χ1) is 13.0. The van der Waals surface area contributed by atoms with Crippen molar-refractivity contribution in [2.45, 2.75) is 76.8 Å². The van der Waals surface area contributed by atoms with Crippen LogP contribution >= 0.6 is 0 Å². The largest absolute Gasteiger partial charge is 0.598 e. The summed E-state index contributed by atoms with van der Waals surface area (Å²) in [6.45, 7) is 14.5. The Hall–Kier alpha value is -0.863. The van der Waals surface area contributed by atoms with Gasteiger partial charge in [-0.2, -0.15) is 0 Å². The second-order valence-electron chi connectivity index (χ2n) is 10.1. The van der Waals surface area contributed by atoms with Crippen molar-refractivity contribution in [2.24, 2.45) is 5.92 Å². The molecule has 1 aliphatic rings. The molecule has 1 aromatic heterocycles. The standard InChI is InChI=1S/C21H35N3O2SSi/c1-21(2,3)27(25)23-20(16-7-8-16)17-9-10-19-18(13-17)22-14-24(19)15-26-11-12-28(4,5)6/h9-10,13-14,16,20,23H,7-8,11-12,15H2,1-6H3. The normalized spacial score (nSPS) is 17.8. The monoisotopic (exact) mass is 421 g/mol. The van der Waals surface area contributed by atoms with E-state index >= 15 is 0 Å². The van der Waals surface area contributed by atoms with Crippen LogP contribution in [-0.4, -0.2) is 33.5 Å². The van der Waals surface area contributed by atoms with Gasteiger partial charge in [0.05, 0.1) is 23.4 Å². The first kappa shape index (κ1) is 21.8. The highest BCUT2D eigenvalue weighted by Gasteiger charge is 2.38. The predicted molar refractivity (Wildman–Crippen MR) is 120 cm³/mol. The first-order valence-corrected chi connectivity index (χ1v) is 15.1. The molecule has 0 saturated heterocycles. The van der Waals surface area contributed by atoms with Crippen molar-refractivity contribution in [1.29, 1.82) is 0 Å². The minimum atomic E-state index is -1.08. The lowest BCUT2D eigenvalue weighted by molar-refractivity contribution is 0.0898. The molecule has 2 unspecified atom stereocenters. The van der Waals surface area contributed by atoms with Crippen LogP contribution in [0.3, 0.4) is 0 Å². The van der Waals surface area contributed by atoms with Gasteiger partial charge in [-0.1, -0.05) is 25.7 Å². The molecule has 7 heteroatoms. The number of nitrogens with one attached hydrogen (secondary N) is 1. The Balaban J connectivity index is 1.70. The third-order valence-corrected chi connectivity index (χ3v) is 8.40. The van der Waals surface area contributed by atoms with Crippen LogP contribution in [0.2, 0.25) is 25.7 Å². The van der Waals surface area contributed by atoms with Gasteiger partial charge in [0.15, 0.2) is 0 Å². The number of imidazole rings is 1. The third-order valence-electron chi connectivity index (χ3n) is 5.11. The number of aromatic nitrogens is 2. The van der Waals surface area contributed by atoms with Crippen molar-refractivity contribution >= 4 is 30.5 Å². The summed E-state index contributed by atoms with van der Waals surface area (Å²) in [4.78, 5) is 4.58. The molecular weight excluding hydrogens is 386 g/mol. The van der Waals surface area contributed by atoms with E-state index in [1.165, 1.54) is 24.4 Å². The van der Waals surface area contributed by atoms with Crippen LogP contribution in [-0.2, 0) is 22.8 Å². The lowest BCUT2D eigenvalue weighted by Crippen LogP contribution is -2.41. The van der Waals surface area contributed by atoms with Crippen molar-refractivity contribution in [3.63, 3.8) is 0 Å². The predicted octanol–water partition coefficient (Wildman–Crippen LogP) is 4.85. The van der Waals surface area contributed by atoms with Crippen LogP contribution in [0, 0.1) is 5.92 Å². The summed E-state index contributed by atoms with van der Waals surface area (Å²) < 4.78 is 23.7. The zero-order valence-corrected chi connectivity index (χ0v) is 19.9. The SMILES string of the molecule is CC(C)(C)[S+]([O-])NC(c1ccc2c(c1)ncn2COCC[Si](C)(C)C)C1CC1. The van der Waals surface area contributed by atoms with Gasteiger partial charge in [0.1, 0.15) is 11.5 Å². The molecule has 0 radical (unpaired) electrons. The van der Waals surface area contributed by atoms with E-state index in [2.05, 4.69) is 52.1 Å². The van der Waals surface area contributed by atoms with Gasteiger partial charge in [0, 0.05) is 26.0 Å². The van der Waals surface area contributed by atoms with E-state index in [4.69, 9.17) is 4.74 Å². The smallest absolute Gasteiger partial charge is 0.136 e. The summed E-state index contributed by atoms with van der Waals surface area (Å²) in [5.74, 6) is 0.565. The quantitative estimate of drug-likeness (QED) is 0.357. The summed E-state index contributed by atoms with van der Waals surface area (Å²) in [6.07, 6.45) is 4.24. The molecule has 2 atom stereocenters. The summed E-state index contributed by atoms with van der Waals surface area (Å²) in [7, 11) is -1.07. The van der Waals surface area contributed by atoms with Gasteiger partial charge in [-0.3, -0.25) is 0 Å². The fraction of sp³-hybridized carbons (Fsp3) is 0.667. The molecule has 1 aromatic carbocycles. The van der Waals surface area contributed by atoms with E-state index in [9.17, 15) is 4.55 Å². The van der Waals surface area contributed by atoms with Gasteiger partial charge in [0.25, 0.3) is 0 Å². The maximum atomic E-state index is 12.6. The van der Waals surface area contributed by atoms with Crippen LogP contribution in [0.15, 0.2) is 24.5 Å². The molecule has 0 amide bonds. The van der Waals surface area contributed by atoms with E-state index in [1.807, 2.05) is 27.1 Å². The van der Waals surface area contributed by atoms with Crippen LogP contribution in [0.1, 0.15) is 45.2 Å². The summed E-state index contributed by atoms with van der Waals surface area (Å²) in [6, 6.07) is 7.71. The van der Waals surface area contributed by atoms with Crippen molar-refractivity contribution in [3.8, 4) is 0 Å². The molecule has 0 spiro atoms. The van der Waals surface area contributed by atoms with Crippen LogP contribution in [0.5, 0.6) is 0 Å². The Labute approximate surface area is 173 Å². The van der Waals surface area contributed by atoms with Crippen LogP contribution in [0.4, 0.5) is 0 Å². The second-order valence-corrected chi connectivity index (χ2v) is 17.7. The Morgan fingerprint density at radius 3 is 2.64 bits per heavy atom. The summed E-state index contributed by atoms with van der Waals surface area (Å²) in [5, 5.41) is 0. The number of rotatable bonds is 9. The van der Waals surface area contributed by atoms with Crippen LogP contribution < -0.4 is 4.72 Å². The van der Waals surface area contributed by atoms with E-state index in [-0.39, 0.29) is 10.8 Å². The number of fused-ring (bicyclic) bond motifs is 1. The Morgan fingerprint density at radius 1 is 1.32 bits per heavy atom. The highest BCUT2D eigenvalue weighted by molar-refractivity contribution is 7.90. The molecule has 156 valence electrons. The molecule has 3 rings (SSSR count). The van der Waals surface area contributed by atoms with Gasteiger partial charge >= 0.3 is 0 Å². The molecular formula is C21H35N3O2SSi. The number of ether oxygens (including phenoxy) is 1. The molecule has 1 heterocycles. The first-order valence-electron chi connectivity index (χ1n) is 10.3. The molecule has 1 saturated carbocycles. The third kappa shape index (κ3) is 5.83. The topological polar surface area (TPSA) is 62.1 Å². The molecule has 1 fully saturated rings. The van der Waals surface area contributed by atoms with Crippen LogP contribution in [0.25, 0.3) is 11.0 Å². The van der Waals surface area contributed by atoms with Crippen molar-refractivity contribution in [3.05, 3.63) is 30.1 Å².